The van der Waals surface area contributed by atoms with Crippen molar-refractivity contribution in [3.05, 3.63) is 42.9 Å². The van der Waals surface area contributed by atoms with Crippen molar-refractivity contribution < 1.29 is 9.53 Å². The molecular formula is C20H23N5O2. The van der Waals surface area contributed by atoms with Gasteiger partial charge in [-0.2, -0.15) is 0 Å². The molecule has 1 aromatic carbocycles. The molecule has 0 aliphatic heterocycles. The van der Waals surface area contributed by atoms with E-state index >= 15 is 0 Å². The van der Waals surface area contributed by atoms with Crippen molar-refractivity contribution in [1.29, 1.82) is 0 Å². The van der Waals surface area contributed by atoms with Crippen molar-refractivity contribution in [2.45, 2.75) is 32.9 Å². The van der Waals surface area contributed by atoms with Gasteiger partial charge in [-0.05, 0) is 44.5 Å². The summed E-state index contributed by atoms with van der Waals surface area (Å²) in [6.07, 6.45) is 3.25. The first kappa shape index (κ1) is 18.6. The molecule has 27 heavy (non-hydrogen) atoms. The number of hydrogen-bond acceptors (Lipinski definition) is 6. The maximum absolute atomic E-state index is 12.2. The number of carbonyl (C=O) groups is 1. The minimum atomic E-state index is -0.420. The third-order valence-electron chi connectivity index (χ3n) is 4.09. The highest BCUT2D eigenvalue weighted by atomic mass is 16.5. The van der Waals surface area contributed by atoms with E-state index in [9.17, 15) is 4.79 Å². The molecule has 0 fully saturated rings. The molecule has 140 valence electrons. The first-order valence-electron chi connectivity index (χ1n) is 8.80. The van der Waals surface area contributed by atoms with Crippen LogP contribution in [0.15, 0.2) is 42.9 Å². The van der Waals surface area contributed by atoms with E-state index in [-0.39, 0.29) is 11.9 Å². The van der Waals surface area contributed by atoms with E-state index in [4.69, 9.17) is 4.74 Å². The molecule has 3 rings (SSSR count). The lowest BCUT2D eigenvalue weighted by Gasteiger charge is -2.17. The Morgan fingerprint density at radius 1 is 1.04 bits per heavy atom. The lowest BCUT2D eigenvalue weighted by atomic mass is 10.1. The standard InChI is InChI=1S/C20H23N5O2/c1-12(2)24-20(26)13(3)25-19-16-9-14(5-7-17(16)22-11-23-19)15-6-8-18(27-4)21-10-15/h5-13H,1-4H3,(H,24,26)(H,22,23,25). The molecule has 2 heterocycles. The van der Waals surface area contributed by atoms with E-state index < -0.39 is 6.04 Å². The Labute approximate surface area is 158 Å². The molecule has 0 saturated carbocycles. The molecule has 1 amide bonds. The zero-order valence-electron chi connectivity index (χ0n) is 15.9. The van der Waals surface area contributed by atoms with Crippen molar-refractivity contribution in [2.24, 2.45) is 0 Å². The van der Waals surface area contributed by atoms with Crippen molar-refractivity contribution in [2.75, 3.05) is 12.4 Å². The van der Waals surface area contributed by atoms with Crippen molar-refractivity contribution >= 4 is 22.6 Å². The molecule has 0 bridgehead atoms. The summed E-state index contributed by atoms with van der Waals surface area (Å²) in [6, 6.07) is 9.34. The molecule has 1 unspecified atom stereocenters. The van der Waals surface area contributed by atoms with E-state index in [1.54, 1.807) is 13.3 Å². The van der Waals surface area contributed by atoms with E-state index in [0.29, 0.717) is 11.7 Å². The lowest BCUT2D eigenvalue weighted by molar-refractivity contribution is -0.122. The molecule has 0 aliphatic rings. The second-order valence-corrected chi connectivity index (χ2v) is 6.57. The Kier molecular flexibility index (Phi) is 5.49. The maximum Gasteiger partial charge on any atom is 0.242 e. The van der Waals surface area contributed by atoms with Gasteiger partial charge in [-0.3, -0.25) is 4.79 Å². The van der Waals surface area contributed by atoms with E-state index in [1.807, 2.05) is 51.1 Å². The molecule has 2 aromatic heterocycles. The van der Waals surface area contributed by atoms with E-state index in [1.165, 1.54) is 6.33 Å². The van der Waals surface area contributed by atoms with Crippen molar-refractivity contribution in [3.63, 3.8) is 0 Å². The van der Waals surface area contributed by atoms with E-state index in [2.05, 4.69) is 25.6 Å². The van der Waals surface area contributed by atoms with Crippen LogP contribution in [0.5, 0.6) is 5.88 Å². The Morgan fingerprint density at radius 2 is 1.81 bits per heavy atom. The van der Waals surface area contributed by atoms with E-state index in [0.717, 1.165) is 22.0 Å². The molecule has 7 nitrogen and oxygen atoms in total. The van der Waals surface area contributed by atoms with Crippen molar-refractivity contribution in [3.8, 4) is 17.0 Å². The number of amides is 1. The van der Waals surface area contributed by atoms with Gasteiger partial charge in [-0.25, -0.2) is 15.0 Å². The SMILES string of the molecule is COc1ccc(-c2ccc3ncnc(NC(C)C(=O)NC(C)C)c3c2)cn1. The number of benzene rings is 1. The summed E-state index contributed by atoms with van der Waals surface area (Å²) >= 11 is 0. The number of nitrogens with one attached hydrogen (secondary N) is 2. The highest BCUT2D eigenvalue weighted by Crippen LogP contribution is 2.27. The molecule has 0 spiro atoms. The molecule has 3 aromatic rings. The van der Waals surface area contributed by atoms with Crippen LogP contribution >= 0.6 is 0 Å². The van der Waals surface area contributed by atoms with Crippen LogP contribution in [-0.2, 0) is 4.79 Å². The zero-order valence-corrected chi connectivity index (χ0v) is 15.9. The Balaban J connectivity index is 1.93. The summed E-state index contributed by atoms with van der Waals surface area (Å²) in [6.45, 7) is 5.67. The number of anilines is 1. The lowest BCUT2D eigenvalue weighted by Crippen LogP contribution is -2.41. The van der Waals surface area contributed by atoms with Gasteiger partial charge in [0.05, 0.1) is 12.6 Å². The summed E-state index contributed by atoms with van der Waals surface area (Å²) in [7, 11) is 1.59. The summed E-state index contributed by atoms with van der Waals surface area (Å²) in [5, 5.41) is 6.92. The second-order valence-electron chi connectivity index (χ2n) is 6.57. The predicted molar refractivity (Wildman–Crippen MR) is 106 cm³/mol. The quantitative estimate of drug-likeness (QED) is 0.698. The van der Waals surface area contributed by atoms with Gasteiger partial charge in [0.25, 0.3) is 0 Å². The number of ether oxygens (including phenoxy) is 1. The van der Waals surface area contributed by atoms with Gasteiger partial charge in [0.15, 0.2) is 0 Å². The molecule has 0 saturated heterocycles. The first-order chi connectivity index (χ1) is 13.0. The number of pyridine rings is 1. The van der Waals surface area contributed by atoms with Crippen molar-refractivity contribution in [1.82, 2.24) is 20.3 Å². The first-order valence-corrected chi connectivity index (χ1v) is 8.80. The minimum Gasteiger partial charge on any atom is -0.481 e. The van der Waals surface area contributed by atoms with Gasteiger partial charge in [0.1, 0.15) is 18.2 Å². The average molecular weight is 365 g/mol. The maximum atomic E-state index is 12.2. The topological polar surface area (TPSA) is 89.0 Å². The monoisotopic (exact) mass is 365 g/mol. The molecule has 0 radical (unpaired) electrons. The molecule has 7 heteroatoms. The smallest absolute Gasteiger partial charge is 0.242 e. The second kappa shape index (κ2) is 7.99. The third-order valence-corrected chi connectivity index (χ3v) is 4.09. The highest BCUT2D eigenvalue weighted by Gasteiger charge is 2.16. The summed E-state index contributed by atoms with van der Waals surface area (Å²) in [5.41, 5.74) is 2.74. The highest BCUT2D eigenvalue weighted by molar-refractivity contribution is 5.94. The van der Waals surface area contributed by atoms with Gasteiger partial charge < -0.3 is 15.4 Å². The summed E-state index contributed by atoms with van der Waals surface area (Å²) in [5.74, 6) is 1.11. The fourth-order valence-corrected chi connectivity index (χ4v) is 2.70. The Hall–Kier alpha value is -3.22. The Morgan fingerprint density at radius 3 is 2.48 bits per heavy atom. The normalized spacial score (nSPS) is 12.0. The van der Waals surface area contributed by atoms with Gasteiger partial charge in [-0.15, -0.1) is 0 Å². The number of nitrogens with zero attached hydrogens (tertiary/aromatic N) is 3. The van der Waals surface area contributed by atoms with Gasteiger partial charge >= 0.3 is 0 Å². The molecular weight excluding hydrogens is 342 g/mol. The van der Waals surface area contributed by atoms with Crippen LogP contribution in [0.25, 0.3) is 22.0 Å². The third kappa shape index (κ3) is 4.31. The number of fused-ring (bicyclic) bond motifs is 1. The summed E-state index contributed by atoms with van der Waals surface area (Å²) in [4.78, 5) is 25.1. The van der Waals surface area contributed by atoms with Gasteiger partial charge in [-0.1, -0.05) is 6.07 Å². The summed E-state index contributed by atoms with van der Waals surface area (Å²) < 4.78 is 5.11. The Bertz CT molecular complexity index is 941. The van der Waals surface area contributed by atoms with Gasteiger partial charge in [0, 0.05) is 29.3 Å². The van der Waals surface area contributed by atoms with Gasteiger partial charge in [0.2, 0.25) is 11.8 Å². The number of hydrogen-bond donors (Lipinski definition) is 2. The minimum absolute atomic E-state index is 0.0766. The van der Waals surface area contributed by atoms with Crippen LogP contribution in [0, 0.1) is 0 Å². The molecule has 1 atom stereocenters. The predicted octanol–water partition coefficient (Wildman–Crippen LogP) is 3.03. The van der Waals surface area contributed by atoms with Crippen LogP contribution in [-0.4, -0.2) is 40.1 Å². The number of aromatic nitrogens is 3. The van der Waals surface area contributed by atoms with Crippen LogP contribution in [0.2, 0.25) is 0 Å². The average Bonchev–Trinajstić information content (AvgIpc) is 2.67. The van der Waals surface area contributed by atoms with Crippen LogP contribution in [0.4, 0.5) is 5.82 Å². The largest absolute Gasteiger partial charge is 0.481 e. The van der Waals surface area contributed by atoms with Crippen LogP contribution in [0.3, 0.4) is 0 Å². The van der Waals surface area contributed by atoms with Crippen LogP contribution in [0.1, 0.15) is 20.8 Å². The molecule has 2 N–H and O–H groups in total. The van der Waals surface area contributed by atoms with Crippen LogP contribution < -0.4 is 15.4 Å². The molecule has 0 aliphatic carbocycles. The fraction of sp³-hybridized carbons (Fsp3) is 0.300. The number of rotatable bonds is 6. The zero-order chi connectivity index (χ0) is 19.4. The number of methoxy groups -OCH3 is 1. The number of carbonyl (C=O) groups excluding carboxylic acids is 1. The fourth-order valence-electron chi connectivity index (χ4n) is 2.70.